The summed E-state index contributed by atoms with van der Waals surface area (Å²) in [6.07, 6.45) is 6.63. The number of carbonyl (C=O) groups is 2. The summed E-state index contributed by atoms with van der Waals surface area (Å²) in [7, 11) is 0. The second-order valence-corrected chi connectivity index (χ2v) is 7.88. The van der Waals surface area contributed by atoms with Crippen molar-refractivity contribution in [2.45, 2.75) is 18.9 Å². The maximum Gasteiger partial charge on any atom is 0.244 e. The summed E-state index contributed by atoms with van der Waals surface area (Å²) < 4.78 is 1.84. The van der Waals surface area contributed by atoms with Crippen LogP contribution >= 0.6 is 11.6 Å². The molecule has 3 heterocycles. The molecular weight excluding hydrogens is 414 g/mol. The van der Waals surface area contributed by atoms with E-state index in [1.54, 1.807) is 6.08 Å². The molecule has 31 heavy (non-hydrogen) atoms. The molecule has 8 heteroatoms. The van der Waals surface area contributed by atoms with Gasteiger partial charge in [-0.2, -0.15) is 0 Å². The summed E-state index contributed by atoms with van der Waals surface area (Å²) in [4.78, 5) is 31.0. The normalized spacial score (nSPS) is 15.4. The number of nitrogens with zero attached hydrogens (tertiary/aromatic N) is 3. The van der Waals surface area contributed by atoms with Crippen molar-refractivity contribution in [1.82, 2.24) is 19.6 Å². The number of hydrogen-bond acceptors (Lipinski definition) is 4. The molecular formula is C23H24ClN5O2. The molecule has 1 aliphatic rings. The average Bonchev–Trinajstić information content (AvgIpc) is 3.09. The first-order chi connectivity index (χ1) is 15.1. The zero-order valence-electron chi connectivity index (χ0n) is 17.0. The number of para-hydroxylation sites is 1. The van der Waals surface area contributed by atoms with Crippen molar-refractivity contribution in [2.75, 3.05) is 25.0 Å². The van der Waals surface area contributed by atoms with Gasteiger partial charge < -0.3 is 10.6 Å². The molecule has 2 N–H and O–H groups in total. The van der Waals surface area contributed by atoms with Crippen molar-refractivity contribution >= 4 is 40.8 Å². The number of hydrogen-bond donors (Lipinski definition) is 2. The van der Waals surface area contributed by atoms with Gasteiger partial charge in [0.15, 0.2) is 5.15 Å². The molecule has 7 nitrogen and oxygen atoms in total. The second-order valence-electron chi connectivity index (χ2n) is 7.52. The lowest BCUT2D eigenvalue weighted by Gasteiger charge is -2.31. The van der Waals surface area contributed by atoms with E-state index in [0.717, 1.165) is 37.3 Å². The third kappa shape index (κ3) is 5.51. The lowest BCUT2D eigenvalue weighted by molar-refractivity contribution is -0.119. The minimum Gasteiger partial charge on any atom is -0.350 e. The van der Waals surface area contributed by atoms with Gasteiger partial charge in [0.05, 0.1) is 12.2 Å². The maximum absolute atomic E-state index is 12.4. The zero-order chi connectivity index (χ0) is 21.6. The fourth-order valence-corrected chi connectivity index (χ4v) is 3.94. The van der Waals surface area contributed by atoms with Crippen molar-refractivity contribution < 1.29 is 9.59 Å². The van der Waals surface area contributed by atoms with Gasteiger partial charge in [-0.05, 0) is 43.2 Å². The Morgan fingerprint density at radius 3 is 2.61 bits per heavy atom. The Hall–Kier alpha value is -3.16. The summed E-state index contributed by atoms with van der Waals surface area (Å²) >= 11 is 6.20. The number of anilines is 1. The fourth-order valence-electron chi connectivity index (χ4n) is 3.70. The molecule has 0 atom stereocenters. The Kier molecular flexibility index (Phi) is 6.64. The van der Waals surface area contributed by atoms with Crippen molar-refractivity contribution in [1.29, 1.82) is 0 Å². The molecule has 1 aliphatic heterocycles. The van der Waals surface area contributed by atoms with Gasteiger partial charge in [-0.15, -0.1) is 0 Å². The van der Waals surface area contributed by atoms with Crippen molar-refractivity contribution in [3.8, 4) is 0 Å². The molecule has 0 radical (unpaired) electrons. The van der Waals surface area contributed by atoms with Crippen LogP contribution in [0.1, 0.15) is 18.5 Å². The molecule has 160 valence electrons. The molecule has 0 unspecified atom stereocenters. The van der Waals surface area contributed by atoms with Gasteiger partial charge in [0.2, 0.25) is 11.8 Å². The van der Waals surface area contributed by atoms with Crippen LogP contribution in [0, 0.1) is 0 Å². The van der Waals surface area contributed by atoms with E-state index in [9.17, 15) is 9.59 Å². The van der Waals surface area contributed by atoms with Gasteiger partial charge in [0, 0.05) is 37.1 Å². The molecule has 3 aromatic rings. The SMILES string of the molecule is O=C(/C=C/c1c(Cl)nc2ccccn12)NC1CCN(CC(=O)Nc2ccccc2)CC1. The van der Waals surface area contributed by atoms with E-state index in [2.05, 4.69) is 20.5 Å². The maximum atomic E-state index is 12.4. The van der Waals surface area contributed by atoms with Crippen LogP contribution in [0.2, 0.25) is 5.15 Å². The number of carbonyl (C=O) groups excluding carboxylic acids is 2. The monoisotopic (exact) mass is 437 g/mol. The first-order valence-electron chi connectivity index (χ1n) is 10.3. The quantitative estimate of drug-likeness (QED) is 0.580. The summed E-state index contributed by atoms with van der Waals surface area (Å²) in [5.41, 5.74) is 2.20. The smallest absolute Gasteiger partial charge is 0.244 e. The van der Waals surface area contributed by atoms with E-state index in [1.165, 1.54) is 6.08 Å². The number of benzene rings is 1. The van der Waals surface area contributed by atoms with Crippen LogP contribution in [0.4, 0.5) is 5.69 Å². The Morgan fingerprint density at radius 2 is 1.84 bits per heavy atom. The van der Waals surface area contributed by atoms with Crippen LogP contribution in [0.25, 0.3) is 11.7 Å². The molecule has 2 amide bonds. The minimum absolute atomic E-state index is 0.0264. The highest BCUT2D eigenvalue weighted by molar-refractivity contribution is 6.31. The number of nitrogens with one attached hydrogen (secondary N) is 2. The predicted molar refractivity (Wildman–Crippen MR) is 122 cm³/mol. The standard InChI is InChI=1S/C23H24ClN5O2/c24-23-19(29-13-5-4-8-20(29)27-23)9-10-21(30)25-18-11-14-28(15-12-18)16-22(31)26-17-6-2-1-3-7-17/h1-10,13,18H,11-12,14-16H2,(H,25,30)(H,26,31)/b10-9+. The first-order valence-corrected chi connectivity index (χ1v) is 10.6. The van der Waals surface area contributed by atoms with Crippen LogP contribution in [0.5, 0.6) is 0 Å². The van der Waals surface area contributed by atoms with E-state index in [-0.39, 0.29) is 17.9 Å². The Balaban J connectivity index is 1.24. The van der Waals surface area contributed by atoms with Crippen molar-refractivity contribution in [3.63, 3.8) is 0 Å². The van der Waals surface area contributed by atoms with Gasteiger partial charge in [-0.1, -0.05) is 35.9 Å². The fraction of sp³-hybridized carbons (Fsp3) is 0.261. The lowest BCUT2D eigenvalue weighted by atomic mass is 10.0. The van der Waals surface area contributed by atoms with Gasteiger partial charge in [0.1, 0.15) is 5.65 Å². The largest absolute Gasteiger partial charge is 0.350 e. The van der Waals surface area contributed by atoms with Crippen LogP contribution in [0.15, 0.2) is 60.8 Å². The van der Waals surface area contributed by atoms with Crippen LogP contribution < -0.4 is 10.6 Å². The highest BCUT2D eigenvalue weighted by Gasteiger charge is 2.21. The number of imidazole rings is 1. The number of piperidine rings is 1. The molecule has 1 saturated heterocycles. The molecule has 0 spiro atoms. The highest BCUT2D eigenvalue weighted by atomic mass is 35.5. The highest BCUT2D eigenvalue weighted by Crippen LogP contribution is 2.19. The molecule has 1 fully saturated rings. The lowest BCUT2D eigenvalue weighted by Crippen LogP contribution is -2.46. The third-order valence-electron chi connectivity index (χ3n) is 5.27. The average molecular weight is 438 g/mol. The Labute approximate surface area is 185 Å². The molecule has 2 aromatic heterocycles. The first kappa shape index (κ1) is 21.1. The number of halogens is 1. The van der Waals surface area contributed by atoms with E-state index in [4.69, 9.17) is 11.6 Å². The van der Waals surface area contributed by atoms with E-state index in [1.807, 2.05) is 59.1 Å². The molecule has 1 aromatic carbocycles. The summed E-state index contributed by atoms with van der Waals surface area (Å²) in [6.45, 7) is 1.87. The number of aromatic nitrogens is 2. The Bertz CT molecular complexity index is 1090. The van der Waals surface area contributed by atoms with Gasteiger partial charge >= 0.3 is 0 Å². The second kappa shape index (κ2) is 9.76. The molecule has 0 saturated carbocycles. The molecule has 4 rings (SSSR count). The number of likely N-dealkylation sites (tertiary alicyclic amines) is 1. The number of pyridine rings is 1. The number of fused-ring (bicyclic) bond motifs is 1. The summed E-state index contributed by atoms with van der Waals surface area (Å²) in [6, 6.07) is 15.1. The molecule has 0 aliphatic carbocycles. The minimum atomic E-state index is -0.165. The third-order valence-corrected chi connectivity index (χ3v) is 5.55. The van der Waals surface area contributed by atoms with Crippen molar-refractivity contribution in [3.05, 3.63) is 71.7 Å². The van der Waals surface area contributed by atoms with Crippen molar-refractivity contribution in [2.24, 2.45) is 0 Å². The van der Waals surface area contributed by atoms with E-state index >= 15 is 0 Å². The topological polar surface area (TPSA) is 78.7 Å². The summed E-state index contributed by atoms with van der Waals surface area (Å²) in [5.74, 6) is -0.191. The van der Waals surface area contributed by atoms with E-state index < -0.39 is 0 Å². The van der Waals surface area contributed by atoms with Gasteiger partial charge in [0.25, 0.3) is 0 Å². The van der Waals surface area contributed by atoms with Gasteiger partial charge in [-0.25, -0.2) is 4.98 Å². The summed E-state index contributed by atoms with van der Waals surface area (Å²) in [5, 5.41) is 6.30. The Morgan fingerprint density at radius 1 is 1.10 bits per heavy atom. The van der Waals surface area contributed by atoms with Crippen LogP contribution in [-0.2, 0) is 9.59 Å². The van der Waals surface area contributed by atoms with Crippen LogP contribution in [-0.4, -0.2) is 51.8 Å². The predicted octanol–water partition coefficient (Wildman–Crippen LogP) is 3.22. The van der Waals surface area contributed by atoms with E-state index in [0.29, 0.717) is 17.4 Å². The van der Waals surface area contributed by atoms with Crippen LogP contribution in [0.3, 0.4) is 0 Å². The van der Waals surface area contributed by atoms with Gasteiger partial charge in [-0.3, -0.25) is 18.9 Å². The number of amides is 2. The molecule has 0 bridgehead atoms. The zero-order valence-corrected chi connectivity index (χ0v) is 17.8. The number of rotatable bonds is 6.